The van der Waals surface area contributed by atoms with Crippen LogP contribution in [0.15, 0.2) is 58.3 Å². The molecule has 0 unspecified atom stereocenters. The van der Waals surface area contributed by atoms with E-state index in [1.165, 1.54) is 24.3 Å². The predicted octanol–water partition coefficient (Wildman–Crippen LogP) is 2.81. The molecule has 0 saturated heterocycles. The Morgan fingerprint density at radius 1 is 0.636 bits per heavy atom. The fraction of sp³-hybridized carbons (Fsp3) is 0.391. The van der Waals surface area contributed by atoms with Crippen molar-refractivity contribution in [2.45, 2.75) is 42.9 Å². The number of sulfone groups is 2. The number of carbonyl (C=O) groups is 2. The van der Waals surface area contributed by atoms with Crippen LogP contribution in [0.3, 0.4) is 0 Å². The molecule has 2 rings (SSSR count). The summed E-state index contributed by atoms with van der Waals surface area (Å²) in [6, 6.07) is 12.7. The number of hydrogen-bond acceptors (Lipinski definition) is 8. The van der Waals surface area contributed by atoms with Crippen molar-refractivity contribution in [3.8, 4) is 0 Å². The molecule has 0 aliphatic carbocycles. The molecular formula is C23H28O8S2. The van der Waals surface area contributed by atoms with Gasteiger partial charge >= 0.3 is 11.9 Å². The minimum atomic E-state index is -3.58. The van der Waals surface area contributed by atoms with Crippen molar-refractivity contribution in [2.75, 3.05) is 24.7 Å². The molecule has 0 aliphatic rings. The van der Waals surface area contributed by atoms with E-state index in [2.05, 4.69) is 0 Å². The highest BCUT2D eigenvalue weighted by molar-refractivity contribution is 7.91. The first-order chi connectivity index (χ1) is 15.5. The van der Waals surface area contributed by atoms with E-state index in [1.54, 1.807) is 24.3 Å². The van der Waals surface area contributed by atoms with Crippen LogP contribution in [0.2, 0.25) is 0 Å². The Balaban J connectivity index is 1.62. The molecule has 0 heterocycles. The summed E-state index contributed by atoms with van der Waals surface area (Å²) in [5, 5.41) is 0. The van der Waals surface area contributed by atoms with E-state index in [-0.39, 0.29) is 53.8 Å². The summed E-state index contributed by atoms with van der Waals surface area (Å²) in [6.45, 7) is 3.60. The van der Waals surface area contributed by atoms with Gasteiger partial charge < -0.3 is 9.47 Å². The lowest BCUT2D eigenvalue weighted by Crippen LogP contribution is -2.16. The molecular weight excluding hydrogens is 468 g/mol. The Hall–Kier alpha value is -2.72. The minimum absolute atomic E-state index is 0.0433. The molecule has 33 heavy (non-hydrogen) atoms. The van der Waals surface area contributed by atoms with E-state index in [1.807, 2.05) is 13.8 Å². The number of esters is 2. The number of ether oxygens (including phenoxy) is 2. The van der Waals surface area contributed by atoms with Gasteiger partial charge in [0.05, 0.1) is 47.4 Å². The normalized spacial score (nSPS) is 11.7. The van der Waals surface area contributed by atoms with Crippen LogP contribution in [-0.2, 0) is 38.7 Å². The lowest BCUT2D eigenvalue weighted by atomic mass is 10.2. The molecule has 10 heteroatoms. The number of aryl methyl sites for hydroxylation is 2. The van der Waals surface area contributed by atoms with Gasteiger partial charge in [-0.25, -0.2) is 16.8 Å². The predicted molar refractivity (Wildman–Crippen MR) is 122 cm³/mol. The standard InChI is InChI=1S/C23H28O8S2/c1-18-4-8-20(9-5-18)32(26,27)16-12-22(24)30-14-3-15-31-23(25)13-17-33(28,29)21-10-6-19(2)7-11-21/h4-11H,3,12-17H2,1-2H3. The van der Waals surface area contributed by atoms with Gasteiger partial charge in [-0.3, -0.25) is 9.59 Å². The molecule has 2 aromatic carbocycles. The largest absolute Gasteiger partial charge is 0.466 e. The Bertz CT molecular complexity index is 1060. The highest BCUT2D eigenvalue weighted by Gasteiger charge is 2.18. The van der Waals surface area contributed by atoms with E-state index in [9.17, 15) is 26.4 Å². The van der Waals surface area contributed by atoms with Crippen LogP contribution in [0.1, 0.15) is 30.4 Å². The molecule has 0 bridgehead atoms. The summed E-state index contributed by atoms with van der Waals surface area (Å²) in [5.74, 6) is -2.05. The molecule has 0 saturated carbocycles. The Morgan fingerprint density at radius 3 is 1.30 bits per heavy atom. The smallest absolute Gasteiger partial charge is 0.306 e. The van der Waals surface area contributed by atoms with Crippen LogP contribution in [-0.4, -0.2) is 53.5 Å². The fourth-order valence-corrected chi connectivity index (χ4v) is 5.18. The van der Waals surface area contributed by atoms with E-state index in [0.29, 0.717) is 0 Å². The summed E-state index contributed by atoms with van der Waals surface area (Å²) >= 11 is 0. The zero-order valence-electron chi connectivity index (χ0n) is 18.7. The van der Waals surface area contributed by atoms with Gasteiger partial charge in [0.25, 0.3) is 0 Å². The Kier molecular flexibility index (Phi) is 9.60. The van der Waals surface area contributed by atoms with E-state index >= 15 is 0 Å². The van der Waals surface area contributed by atoms with Crippen LogP contribution in [0.4, 0.5) is 0 Å². The van der Waals surface area contributed by atoms with Crippen LogP contribution in [0, 0.1) is 13.8 Å². The van der Waals surface area contributed by atoms with Crippen LogP contribution < -0.4 is 0 Å². The molecule has 0 fully saturated rings. The third-order valence-corrected chi connectivity index (χ3v) is 8.19. The highest BCUT2D eigenvalue weighted by atomic mass is 32.2. The summed E-state index contributed by atoms with van der Waals surface area (Å²) in [6.07, 6.45) is -0.355. The van der Waals surface area contributed by atoms with Gasteiger partial charge in [-0.2, -0.15) is 0 Å². The summed E-state index contributed by atoms with van der Waals surface area (Å²) in [7, 11) is -7.16. The van der Waals surface area contributed by atoms with E-state index in [0.717, 1.165) is 11.1 Å². The average Bonchev–Trinajstić information content (AvgIpc) is 2.77. The molecule has 0 amide bonds. The van der Waals surface area contributed by atoms with Crippen LogP contribution in [0.5, 0.6) is 0 Å². The van der Waals surface area contributed by atoms with Crippen molar-refractivity contribution in [3.63, 3.8) is 0 Å². The maximum absolute atomic E-state index is 12.2. The summed E-state index contributed by atoms with van der Waals surface area (Å²) < 4.78 is 58.8. The van der Waals surface area contributed by atoms with Crippen molar-refractivity contribution >= 4 is 31.6 Å². The molecule has 0 spiro atoms. The molecule has 8 nitrogen and oxygen atoms in total. The van der Waals surface area contributed by atoms with E-state index < -0.39 is 31.6 Å². The van der Waals surface area contributed by atoms with Gasteiger partial charge in [-0.1, -0.05) is 35.4 Å². The topological polar surface area (TPSA) is 121 Å². The number of carbonyl (C=O) groups excluding carboxylic acids is 2. The van der Waals surface area contributed by atoms with Crippen molar-refractivity contribution < 1.29 is 35.9 Å². The Morgan fingerprint density at radius 2 is 0.970 bits per heavy atom. The third kappa shape index (κ3) is 8.97. The quantitative estimate of drug-likeness (QED) is 0.325. The minimum Gasteiger partial charge on any atom is -0.466 e. The second-order valence-electron chi connectivity index (χ2n) is 7.56. The molecule has 0 aromatic heterocycles. The van der Waals surface area contributed by atoms with Gasteiger partial charge in [0, 0.05) is 6.42 Å². The molecule has 0 N–H and O–H groups in total. The van der Waals surface area contributed by atoms with Crippen molar-refractivity contribution in [2.24, 2.45) is 0 Å². The molecule has 0 atom stereocenters. The number of rotatable bonds is 12. The lowest BCUT2D eigenvalue weighted by molar-refractivity contribution is -0.145. The molecule has 0 aliphatic heterocycles. The second kappa shape index (κ2) is 11.9. The zero-order valence-corrected chi connectivity index (χ0v) is 20.3. The first-order valence-corrected chi connectivity index (χ1v) is 13.7. The summed E-state index contributed by atoms with van der Waals surface area (Å²) in [4.78, 5) is 23.9. The first kappa shape index (κ1) is 26.5. The lowest BCUT2D eigenvalue weighted by Gasteiger charge is -2.08. The second-order valence-corrected chi connectivity index (χ2v) is 11.8. The maximum Gasteiger partial charge on any atom is 0.306 e. The average molecular weight is 497 g/mol. The van der Waals surface area contributed by atoms with Gasteiger partial charge in [0.15, 0.2) is 19.7 Å². The van der Waals surface area contributed by atoms with Crippen LogP contribution >= 0.6 is 0 Å². The monoisotopic (exact) mass is 496 g/mol. The third-order valence-electron chi connectivity index (χ3n) is 4.72. The SMILES string of the molecule is Cc1ccc(S(=O)(=O)CCC(=O)OCCCOC(=O)CCS(=O)(=O)c2ccc(C)cc2)cc1. The highest BCUT2D eigenvalue weighted by Crippen LogP contribution is 2.14. The van der Waals surface area contributed by atoms with Gasteiger partial charge in [-0.15, -0.1) is 0 Å². The molecule has 180 valence electrons. The zero-order chi connectivity index (χ0) is 24.5. The Labute approximate surface area is 194 Å². The maximum atomic E-state index is 12.2. The van der Waals surface area contributed by atoms with Gasteiger partial charge in [0.2, 0.25) is 0 Å². The van der Waals surface area contributed by atoms with Crippen LogP contribution in [0.25, 0.3) is 0 Å². The molecule has 2 aromatic rings. The number of hydrogen-bond donors (Lipinski definition) is 0. The number of benzene rings is 2. The van der Waals surface area contributed by atoms with E-state index in [4.69, 9.17) is 9.47 Å². The van der Waals surface area contributed by atoms with Crippen molar-refractivity contribution in [3.05, 3.63) is 59.7 Å². The van der Waals surface area contributed by atoms with Gasteiger partial charge in [-0.05, 0) is 38.1 Å². The first-order valence-electron chi connectivity index (χ1n) is 10.4. The van der Waals surface area contributed by atoms with Crippen molar-refractivity contribution in [1.29, 1.82) is 0 Å². The van der Waals surface area contributed by atoms with Crippen molar-refractivity contribution in [1.82, 2.24) is 0 Å². The molecule has 0 radical (unpaired) electrons. The fourth-order valence-electron chi connectivity index (χ4n) is 2.74. The summed E-state index contributed by atoms with van der Waals surface area (Å²) in [5.41, 5.74) is 1.86. The van der Waals surface area contributed by atoms with Gasteiger partial charge in [0.1, 0.15) is 0 Å².